The Bertz CT molecular complexity index is 4080. The number of hydrogen-bond donors (Lipinski definition) is 0. The molecule has 0 aliphatic rings. The summed E-state index contributed by atoms with van der Waals surface area (Å²) in [5.74, 6) is 0.171. The number of hydrogen-bond acceptors (Lipinski definition) is 3. The Morgan fingerprint density at radius 3 is 1.11 bits per heavy atom. The van der Waals surface area contributed by atoms with Crippen LogP contribution < -0.4 is 0 Å². The molecule has 4 heterocycles. The summed E-state index contributed by atoms with van der Waals surface area (Å²) in [4.78, 5) is 15.4. The van der Waals surface area contributed by atoms with Gasteiger partial charge in [0.2, 0.25) is 0 Å². The van der Waals surface area contributed by atoms with E-state index in [-0.39, 0.29) is 0 Å². The molecule has 8 heteroatoms. The van der Waals surface area contributed by atoms with E-state index in [0.29, 0.717) is 34.2 Å². The van der Waals surface area contributed by atoms with E-state index >= 15 is 8.78 Å². The third-order valence-electron chi connectivity index (χ3n) is 13.8. The summed E-state index contributed by atoms with van der Waals surface area (Å²) in [6.45, 7) is 0. The van der Waals surface area contributed by atoms with Crippen LogP contribution in [-0.2, 0) is 0 Å². The first kappa shape index (κ1) is 40.5. The predicted octanol–water partition coefficient (Wildman–Crippen LogP) is 16.1. The Kier molecular flexibility index (Phi) is 9.16. The zero-order valence-electron chi connectivity index (χ0n) is 37.9. The molecule has 0 aliphatic heterocycles. The third kappa shape index (κ3) is 6.56. The molecule has 0 unspecified atom stereocenters. The average Bonchev–Trinajstić information content (AvgIpc) is 4.06. The molecule has 0 saturated heterocycles. The van der Waals surface area contributed by atoms with E-state index in [1.807, 2.05) is 78.9 Å². The molecular formula is C63H38F2N6. The fraction of sp³-hybridized carbons (Fsp3) is 0. The van der Waals surface area contributed by atoms with Gasteiger partial charge in [-0.05, 0) is 96.1 Å². The topological polar surface area (TPSA) is 53.5 Å². The zero-order chi connectivity index (χ0) is 47.2. The first-order chi connectivity index (χ1) is 35.0. The van der Waals surface area contributed by atoms with Crippen LogP contribution in [0.15, 0.2) is 231 Å². The van der Waals surface area contributed by atoms with Crippen molar-refractivity contribution in [1.82, 2.24) is 28.7 Å². The SMILES string of the molecule is Fc1cc(F)cc(-c2ccc(-c3nc(-c4ccccc4)nc(-c4ccccc4)n3)c(-n3c4ccc(-n5c6ccccc6c6ccccc65)cc4c4cc(-n5c6ccccc6c6ccccc65)ccc43)c2)c1. The maximum atomic E-state index is 15.1. The van der Waals surface area contributed by atoms with E-state index in [0.717, 1.165) is 78.1 Å². The summed E-state index contributed by atoms with van der Waals surface area (Å²) in [6.07, 6.45) is 0. The lowest BCUT2D eigenvalue weighted by Gasteiger charge is -2.17. The summed E-state index contributed by atoms with van der Waals surface area (Å²) in [7, 11) is 0. The highest BCUT2D eigenvalue weighted by molar-refractivity contribution is 6.14. The van der Waals surface area contributed by atoms with Gasteiger partial charge in [0.05, 0.1) is 38.8 Å². The van der Waals surface area contributed by atoms with Crippen LogP contribution >= 0.6 is 0 Å². The summed E-state index contributed by atoms with van der Waals surface area (Å²) in [5.41, 5.74) is 12.5. The minimum Gasteiger partial charge on any atom is -0.309 e. The first-order valence-electron chi connectivity index (χ1n) is 23.6. The summed E-state index contributed by atoms with van der Waals surface area (Å²) < 4.78 is 37.1. The van der Waals surface area contributed by atoms with Crippen LogP contribution in [0.1, 0.15) is 0 Å². The molecule has 10 aromatic carbocycles. The first-order valence-corrected chi connectivity index (χ1v) is 23.6. The molecule has 0 fully saturated rings. The number of rotatable bonds is 7. The second-order valence-corrected chi connectivity index (χ2v) is 17.9. The average molecular weight is 917 g/mol. The molecule has 71 heavy (non-hydrogen) atoms. The lowest BCUT2D eigenvalue weighted by Crippen LogP contribution is -2.04. The van der Waals surface area contributed by atoms with Gasteiger partial charge in [-0.2, -0.15) is 0 Å². The number of para-hydroxylation sites is 4. The minimum absolute atomic E-state index is 0.406. The summed E-state index contributed by atoms with van der Waals surface area (Å²) in [6, 6.07) is 76.8. The number of halogens is 2. The molecular weight excluding hydrogens is 879 g/mol. The largest absolute Gasteiger partial charge is 0.309 e. The van der Waals surface area contributed by atoms with Crippen molar-refractivity contribution in [1.29, 1.82) is 0 Å². The highest BCUT2D eigenvalue weighted by atomic mass is 19.1. The van der Waals surface area contributed by atoms with Crippen molar-refractivity contribution in [3.63, 3.8) is 0 Å². The maximum absolute atomic E-state index is 15.1. The zero-order valence-corrected chi connectivity index (χ0v) is 37.9. The van der Waals surface area contributed by atoms with Gasteiger partial charge in [-0.15, -0.1) is 0 Å². The van der Waals surface area contributed by atoms with E-state index in [4.69, 9.17) is 15.0 Å². The van der Waals surface area contributed by atoms with Crippen LogP contribution in [0.25, 0.3) is 128 Å². The van der Waals surface area contributed by atoms with Crippen molar-refractivity contribution >= 4 is 65.4 Å². The molecule has 4 aromatic heterocycles. The van der Waals surface area contributed by atoms with Gasteiger partial charge in [-0.3, -0.25) is 0 Å². The van der Waals surface area contributed by atoms with E-state index in [1.165, 1.54) is 33.7 Å². The normalized spacial score (nSPS) is 11.8. The number of aromatic nitrogens is 6. The van der Waals surface area contributed by atoms with E-state index < -0.39 is 11.6 Å². The van der Waals surface area contributed by atoms with Crippen LogP contribution in [0.3, 0.4) is 0 Å². The van der Waals surface area contributed by atoms with Crippen molar-refractivity contribution in [2.45, 2.75) is 0 Å². The van der Waals surface area contributed by atoms with Gasteiger partial charge in [0.25, 0.3) is 0 Å². The van der Waals surface area contributed by atoms with Gasteiger partial charge >= 0.3 is 0 Å². The second-order valence-electron chi connectivity index (χ2n) is 17.9. The van der Waals surface area contributed by atoms with E-state index in [2.05, 4.69) is 147 Å². The van der Waals surface area contributed by atoms with Gasteiger partial charge in [0.1, 0.15) is 11.6 Å². The smallest absolute Gasteiger partial charge is 0.166 e. The standard InChI is InChI=1S/C63H38F2N6/c64-43-33-42(34-44(65)36-43)41-27-30-51(63-67-61(39-15-3-1-4-16-39)66-62(68-63)40-17-5-2-6-18-40)60(35-41)71-58-31-28-45(69-54-23-11-7-19-47(54)48-20-8-12-24-55(48)69)37-52(58)53-38-46(29-32-59(53)71)70-56-25-13-9-21-49(56)50-22-10-14-26-57(50)70/h1-38H. The van der Waals surface area contributed by atoms with Gasteiger partial charge in [0, 0.05) is 66.4 Å². The number of fused-ring (bicyclic) bond motifs is 9. The maximum Gasteiger partial charge on any atom is 0.166 e. The Hall–Kier alpha value is -9.53. The van der Waals surface area contributed by atoms with Crippen molar-refractivity contribution in [3.8, 4) is 62.4 Å². The monoisotopic (exact) mass is 916 g/mol. The van der Waals surface area contributed by atoms with Crippen LogP contribution in [-0.4, -0.2) is 28.7 Å². The Balaban J connectivity index is 1.09. The molecule has 334 valence electrons. The lowest BCUT2D eigenvalue weighted by atomic mass is 10.0. The molecule has 0 saturated carbocycles. The lowest BCUT2D eigenvalue weighted by molar-refractivity contribution is 0.584. The number of nitrogens with zero attached hydrogens (tertiary/aromatic N) is 6. The van der Waals surface area contributed by atoms with E-state index in [1.54, 1.807) is 0 Å². The Labute approximate surface area is 405 Å². The third-order valence-corrected chi connectivity index (χ3v) is 13.8. The van der Waals surface area contributed by atoms with Crippen LogP contribution in [0.2, 0.25) is 0 Å². The molecule has 6 nitrogen and oxygen atoms in total. The predicted molar refractivity (Wildman–Crippen MR) is 285 cm³/mol. The van der Waals surface area contributed by atoms with Gasteiger partial charge in [0.15, 0.2) is 17.5 Å². The van der Waals surface area contributed by atoms with Crippen molar-refractivity contribution < 1.29 is 8.78 Å². The molecule has 14 aromatic rings. The van der Waals surface area contributed by atoms with Gasteiger partial charge in [-0.25, -0.2) is 23.7 Å². The van der Waals surface area contributed by atoms with Gasteiger partial charge in [-0.1, -0.05) is 140 Å². The molecule has 0 spiro atoms. The highest BCUT2D eigenvalue weighted by Gasteiger charge is 2.23. The van der Waals surface area contributed by atoms with Gasteiger partial charge < -0.3 is 13.7 Å². The fourth-order valence-corrected chi connectivity index (χ4v) is 10.7. The summed E-state index contributed by atoms with van der Waals surface area (Å²) >= 11 is 0. The number of benzene rings is 10. The van der Waals surface area contributed by atoms with E-state index in [9.17, 15) is 0 Å². The van der Waals surface area contributed by atoms with Crippen LogP contribution in [0.4, 0.5) is 8.78 Å². The molecule has 0 bridgehead atoms. The summed E-state index contributed by atoms with van der Waals surface area (Å²) in [5, 5.41) is 6.74. The molecule has 0 N–H and O–H groups in total. The fourth-order valence-electron chi connectivity index (χ4n) is 10.7. The van der Waals surface area contributed by atoms with Crippen molar-refractivity contribution in [2.24, 2.45) is 0 Å². The van der Waals surface area contributed by atoms with Crippen LogP contribution in [0.5, 0.6) is 0 Å². The molecule has 14 rings (SSSR count). The van der Waals surface area contributed by atoms with Crippen molar-refractivity contribution in [3.05, 3.63) is 242 Å². The molecule has 0 aliphatic carbocycles. The van der Waals surface area contributed by atoms with Crippen LogP contribution in [0, 0.1) is 11.6 Å². The molecule has 0 radical (unpaired) electrons. The molecule has 0 amide bonds. The Morgan fingerprint density at radius 2 is 0.662 bits per heavy atom. The minimum atomic E-state index is -0.657. The highest BCUT2D eigenvalue weighted by Crippen LogP contribution is 2.42. The molecule has 0 atom stereocenters. The quantitative estimate of drug-likeness (QED) is 0.160. The Morgan fingerprint density at radius 1 is 0.268 bits per heavy atom. The second kappa shape index (κ2) is 16.0. The van der Waals surface area contributed by atoms with Crippen molar-refractivity contribution in [2.75, 3.05) is 0 Å².